The number of benzene rings is 2. The van der Waals surface area contributed by atoms with E-state index in [0.29, 0.717) is 49.3 Å². The van der Waals surface area contributed by atoms with Crippen molar-refractivity contribution in [2.24, 2.45) is 0 Å². The SMILES string of the molecule is CC(C)c1cnn2c(NCc3ccc(NC(=O)CCCCCCOc4cccc5c4CN(C4CCC(=O)NC4=O)C5=O)cc3)nc(OC3CCN(C)CC3)nc12. The summed E-state index contributed by atoms with van der Waals surface area (Å²) in [5.74, 6) is 0.456. The predicted molar refractivity (Wildman–Crippen MR) is 209 cm³/mol. The molecule has 0 aliphatic carbocycles. The maximum absolute atomic E-state index is 13.1. The van der Waals surface area contributed by atoms with Gasteiger partial charge in [0, 0.05) is 54.9 Å². The van der Waals surface area contributed by atoms with E-state index in [-0.39, 0.29) is 42.7 Å². The van der Waals surface area contributed by atoms with Crippen LogP contribution in [0.4, 0.5) is 11.6 Å². The summed E-state index contributed by atoms with van der Waals surface area (Å²) in [5.41, 5.74) is 4.83. The molecular formula is C41H51N9O6. The number of unbranched alkanes of at least 4 members (excludes halogenated alkanes) is 3. The first-order valence-electron chi connectivity index (χ1n) is 19.8. The largest absolute Gasteiger partial charge is 0.493 e. The molecule has 3 N–H and O–H groups in total. The van der Waals surface area contributed by atoms with E-state index >= 15 is 0 Å². The number of imide groups is 1. The molecule has 56 heavy (non-hydrogen) atoms. The molecule has 3 aliphatic rings. The fourth-order valence-electron chi connectivity index (χ4n) is 7.43. The zero-order valence-electron chi connectivity index (χ0n) is 32.4. The molecule has 1 unspecified atom stereocenters. The van der Waals surface area contributed by atoms with Crippen LogP contribution in [0.1, 0.15) is 105 Å². The van der Waals surface area contributed by atoms with Crippen molar-refractivity contribution in [2.45, 2.75) is 103 Å². The molecule has 7 rings (SSSR count). The van der Waals surface area contributed by atoms with Gasteiger partial charge in [0.1, 0.15) is 17.9 Å². The number of fused-ring (bicyclic) bond motifs is 2. The summed E-state index contributed by atoms with van der Waals surface area (Å²) in [4.78, 5) is 63.0. The second-order valence-corrected chi connectivity index (χ2v) is 15.2. The first-order valence-corrected chi connectivity index (χ1v) is 19.8. The Morgan fingerprint density at radius 1 is 0.982 bits per heavy atom. The number of amides is 4. The Bertz CT molecular complexity index is 2060. The second-order valence-electron chi connectivity index (χ2n) is 15.2. The van der Waals surface area contributed by atoms with Crippen LogP contribution in [-0.4, -0.2) is 91.9 Å². The summed E-state index contributed by atoms with van der Waals surface area (Å²) >= 11 is 0. The molecule has 15 heteroatoms. The molecule has 296 valence electrons. The van der Waals surface area contributed by atoms with Crippen LogP contribution in [0.15, 0.2) is 48.7 Å². The van der Waals surface area contributed by atoms with E-state index in [1.165, 1.54) is 4.90 Å². The molecule has 0 radical (unpaired) electrons. The molecular weight excluding hydrogens is 715 g/mol. The third-order valence-electron chi connectivity index (χ3n) is 10.7. The van der Waals surface area contributed by atoms with Crippen molar-refractivity contribution in [2.75, 3.05) is 37.4 Å². The third kappa shape index (κ3) is 9.10. The summed E-state index contributed by atoms with van der Waals surface area (Å²) in [5, 5.41) is 13.3. The maximum atomic E-state index is 13.1. The molecule has 0 saturated carbocycles. The van der Waals surface area contributed by atoms with E-state index in [2.05, 4.69) is 46.8 Å². The molecule has 3 aliphatic heterocycles. The molecule has 5 heterocycles. The van der Waals surface area contributed by atoms with Gasteiger partial charge in [-0.3, -0.25) is 24.5 Å². The lowest BCUT2D eigenvalue weighted by Gasteiger charge is -2.29. The van der Waals surface area contributed by atoms with Crippen molar-refractivity contribution in [1.29, 1.82) is 0 Å². The molecule has 2 fully saturated rings. The van der Waals surface area contributed by atoms with E-state index in [1.54, 1.807) is 16.6 Å². The minimum atomic E-state index is -0.660. The Labute approximate surface area is 326 Å². The number of nitrogens with zero attached hydrogens (tertiary/aromatic N) is 6. The van der Waals surface area contributed by atoms with Crippen molar-refractivity contribution in [3.63, 3.8) is 0 Å². The molecule has 0 bridgehead atoms. The van der Waals surface area contributed by atoms with Crippen molar-refractivity contribution in [3.05, 3.63) is 70.9 Å². The number of carbonyl (C=O) groups is 4. The van der Waals surface area contributed by atoms with Gasteiger partial charge in [-0.05, 0) is 74.9 Å². The normalized spacial score (nSPS) is 17.7. The van der Waals surface area contributed by atoms with Crippen LogP contribution in [-0.2, 0) is 27.5 Å². The monoisotopic (exact) mass is 765 g/mol. The Morgan fingerprint density at radius 2 is 1.77 bits per heavy atom. The van der Waals surface area contributed by atoms with Crippen molar-refractivity contribution in [3.8, 4) is 11.8 Å². The van der Waals surface area contributed by atoms with E-state index in [0.717, 1.165) is 79.6 Å². The summed E-state index contributed by atoms with van der Waals surface area (Å²) in [6.07, 6.45) is 8.08. The molecule has 1 atom stereocenters. The minimum absolute atomic E-state index is 0.0302. The average Bonchev–Trinajstić information content (AvgIpc) is 3.76. The Hall–Kier alpha value is -5.57. The number of anilines is 2. The number of rotatable bonds is 16. The first-order chi connectivity index (χ1) is 27.1. The predicted octanol–water partition coefficient (Wildman–Crippen LogP) is 5.06. The van der Waals surface area contributed by atoms with Gasteiger partial charge in [-0.1, -0.05) is 44.9 Å². The van der Waals surface area contributed by atoms with E-state index < -0.39 is 11.9 Å². The number of ether oxygens (including phenoxy) is 2. The van der Waals surface area contributed by atoms with Gasteiger partial charge in [0.05, 0.1) is 19.3 Å². The van der Waals surface area contributed by atoms with Crippen LogP contribution < -0.4 is 25.4 Å². The molecule has 15 nitrogen and oxygen atoms in total. The average molecular weight is 766 g/mol. The smallest absolute Gasteiger partial charge is 0.322 e. The van der Waals surface area contributed by atoms with E-state index in [9.17, 15) is 19.2 Å². The zero-order valence-corrected chi connectivity index (χ0v) is 32.4. The van der Waals surface area contributed by atoms with Gasteiger partial charge in [0.15, 0.2) is 5.65 Å². The molecule has 2 saturated heterocycles. The summed E-state index contributed by atoms with van der Waals surface area (Å²) in [6, 6.07) is 12.8. The van der Waals surface area contributed by atoms with Gasteiger partial charge in [-0.15, -0.1) is 0 Å². The van der Waals surface area contributed by atoms with Crippen LogP contribution >= 0.6 is 0 Å². The van der Waals surface area contributed by atoms with Crippen LogP contribution in [0.3, 0.4) is 0 Å². The summed E-state index contributed by atoms with van der Waals surface area (Å²) in [7, 11) is 2.12. The number of hydrogen-bond acceptors (Lipinski definition) is 11. The fraction of sp³-hybridized carbons (Fsp3) is 0.488. The second kappa shape index (κ2) is 17.5. The van der Waals surface area contributed by atoms with Crippen molar-refractivity contribution < 1.29 is 28.7 Å². The lowest BCUT2D eigenvalue weighted by atomic mass is 10.0. The van der Waals surface area contributed by atoms with Crippen molar-refractivity contribution >= 4 is 40.9 Å². The molecule has 2 aromatic carbocycles. The van der Waals surface area contributed by atoms with Gasteiger partial charge in [0.2, 0.25) is 23.7 Å². The Kier molecular flexibility index (Phi) is 12.1. The quantitative estimate of drug-likeness (QED) is 0.103. The van der Waals surface area contributed by atoms with E-state index in [1.807, 2.05) is 36.5 Å². The highest BCUT2D eigenvalue weighted by molar-refractivity contribution is 6.05. The Morgan fingerprint density at radius 3 is 2.54 bits per heavy atom. The van der Waals surface area contributed by atoms with Crippen LogP contribution in [0, 0.1) is 0 Å². The Balaban J connectivity index is 0.828. The topological polar surface area (TPSA) is 172 Å². The zero-order chi connectivity index (χ0) is 39.2. The summed E-state index contributed by atoms with van der Waals surface area (Å²) < 4.78 is 14.1. The van der Waals surface area contributed by atoms with Crippen LogP contribution in [0.5, 0.6) is 11.8 Å². The number of aromatic nitrogens is 4. The third-order valence-corrected chi connectivity index (χ3v) is 10.7. The number of piperidine rings is 2. The molecule has 2 aromatic heterocycles. The standard InChI is InChI=1S/C41H51N9O6/c1-26(2)31-24-43-50-37(31)46-41(56-29-18-20-48(3)21-19-29)47-40(50)42-23-27-12-14-28(15-13-27)44-35(51)11-6-4-5-7-22-55-34-10-8-9-30-32(34)25-49(39(30)54)33-16-17-36(52)45-38(33)53/h8-10,12-15,24,26,29,33H,4-7,11,16-23,25H2,1-3H3,(H,44,51)(H,42,46,47)(H,45,52,53). The summed E-state index contributed by atoms with van der Waals surface area (Å²) in [6.45, 7) is 7.46. The molecule has 4 amide bonds. The van der Waals surface area contributed by atoms with Gasteiger partial charge in [0.25, 0.3) is 5.91 Å². The fourth-order valence-corrected chi connectivity index (χ4v) is 7.43. The van der Waals surface area contributed by atoms with E-state index in [4.69, 9.17) is 19.4 Å². The highest BCUT2D eigenvalue weighted by Gasteiger charge is 2.40. The number of hydrogen-bond donors (Lipinski definition) is 3. The molecule has 4 aromatic rings. The first kappa shape index (κ1) is 38.7. The van der Waals surface area contributed by atoms with Gasteiger partial charge in [-0.25, -0.2) is 0 Å². The number of nitrogens with one attached hydrogen (secondary N) is 3. The lowest BCUT2D eigenvalue weighted by molar-refractivity contribution is -0.137. The minimum Gasteiger partial charge on any atom is -0.493 e. The van der Waals surface area contributed by atoms with Gasteiger partial charge < -0.3 is 29.9 Å². The van der Waals surface area contributed by atoms with Crippen LogP contribution in [0.2, 0.25) is 0 Å². The molecule has 0 spiro atoms. The number of carbonyl (C=O) groups excluding carboxylic acids is 4. The highest BCUT2D eigenvalue weighted by atomic mass is 16.5. The van der Waals surface area contributed by atoms with Gasteiger partial charge >= 0.3 is 6.01 Å². The number of likely N-dealkylation sites (tertiary alicyclic amines) is 1. The highest BCUT2D eigenvalue weighted by Crippen LogP contribution is 2.34. The lowest BCUT2D eigenvalue weighted by Crippen LogP contribution is -2.52. The maximum Gasteiger partial charge on any atom is 0.322 e. The van der Waals surface area contributed by atoms with Gasteiger partial charge in [-0.2, -0.15) is 19.6 Å². The van der Waals surface area contributed by atoms with Crippen LogP contribution in [0.25, 0.3) is 5.65 Å². The van der Waals surface area contributed by atoms with Crippen molar-refractivity contribution in [1.82, 2.24) is 34.7 Å².